The normalized spacial score (nSPS) is 21.8. The molecule has 1 heterocycles. The zero-order valence-corrected chi connectivity index (χ0v) is 11.3. The van der Waals surface area contributed by atoms with Gasteiger partial charge >= 0.3 is 0 Å². The first kappa shape index (κ1) is 12.4. The minimum absolute atomic E-state index is 0.163. The molecule has 3 heteroatoms. The fraction of sp³-hybridized carbons (Fsp3) is 0.571. The van der Waals surface area contributed by atoms with Crippen LogP contribution in [0.4, 0.5) is 0 Å². The molecule has 1 aliphatic heterocycles. The third-order valence-electron chi connectivity index (χ3n) is 3.16. The van der Waals surface area contributed by atoms with Crippen LogP contribution in [0.25, 0.3) is 0 Å². The molecule has 1 unspecified atom stereocenters. The molecule has 2 rings (SSSR count). The Morgan fingerprint density at radius 2 is 2.06 bits per heavy atom. The number of fused-ring (bicyclic) bond motifs is 1. The van der Waals surface area contributed by atoms with Gasteiger partial charge in [-0.05, 0) is 33.3 Å². The Kier molecular flexibility index (Phi) is 3.15. The molecule has 94 valence electrons. The van der Waals surface area contributed by atoms with E-state index in [0.29, 0.717) is 0 Å². The van der Waals surface area contributed by atoms with Gasteiger partial charge in [0.1, 0.15) is 11.4 Å². The van der Waals surface area contributed by atoms with E-state index < -0.39 is 0 Å². The van der Waals surface area contributed by atoms with Crippen molar-refractivity contribution in [3.63, 3.8) is 0 Å². The summed E-state index contributed by atoms with van der Waals surface area (Å²) in [5, 5.41) is 0. The largest absolute Gasteiger partial charge is 0.487 e. The zero-order valence-electron chi connectivity index (χ0n) is 11.3. The highest BCUT2D eigenvalue weighted by Gasteiger charge is 2.34. The van der Waals surface area contributed by atoms with Crippen LogP contribution in [0, 0.1) is 13.8 Å². The molecular weight excluding hydrogens is 214 g/mol. The topological polar surface area (TPSA) is 30.5 Å². The Bertz CT molecular complexity index is 426. The monoisotopic (exact) mass is 235 g/mol. The van der Waals surface area contributed by atoms with Crippen molar-refractivity contribution in [2.45, 2.75) is 45.8 Å². The molecule has 1 aromatic carbocycles. The maximum absolute atomic E-state index is 6.09. The van der Waals surface area contributed by atoms with Crippen LogP contribution in [0.1, 0.15) is 43.0 Å². The van der Waals surface area contributed by atoms with E-state index >= 15 is 0 Å². The average molecular weight is 235 g/mol. The Labute approximate surface area is 103 Å². The van der Waals surface area contributed by atoms with E-state index in [1.807, 2.05) is 0 Å². The van der Waals surface area contributed by atoms with Gasteiger partial charge in [-0.2, -0.15) is 5.48 Å². The summed E-state index contributed by atoms with van der Waals surface area (Å²) in [4.78, 5) is 5.11. The Morgan fingerprint density at radius 3 is 2.71 bits per heavy atom. The summed E-state index contributed by atoms with van der Waals surface area (Å²) in [5.41, 5.74) is 6.55. The quantitative estimate of drug-likeness (QED) is 0.799. The first-order chi connectivity index (χ1) is 7.93. The summed E-state index contributed by atoms with van der Waals surface area (Å²) < 4.78 is 6.09. The van der Waals surface area contributed by atoms with Gasteiger partial charge in [-0.3, -0.25) is 0 Å². The smallest absolute Gasteiger partial charge is 0.127 e. The van der Waals surface area contributed by atoms with Crippen LogP contribution in [-0.4, -0.2) is 12.7 Å². The highest BCUT2D eigenvalue weighted by molar-refractivity contribution is 5.47. The van der Waals surface area contributed by atoms with Gasteiger partial charge in [0.05, 0.1) is 13.2 Å². The highest BCUT2D eigenvalue weighted by Crippen LogP contribution is 2.41. The molecule has 0 aromatic heterocycles. The van der Waals surface area contributed by atoms with E-state index in [1.54, 1.807) is 7.11 Å². The van der Waals surface area contributed by atoms with E-state index in [1.165, 1.54) is 16.7 Å². The third kappa shape index (κ3) is 2.45. The van der Waals surface area contributed by atoms with Crippen molar-refractivity contribution in [3.05, 3.63) is 28.8 Å². The van der Waals surface area contributed by atoms with Crippen molar-refractivity contribution >= 4 is 0 Å². The molecule has 1 atom stereocenters. The minimum Gasteiger partial charge on any atom is -0.487 e. The van der Waals surface area contributed by atoms with Crippen molar-refractivity contribution in [1.82, 2.24) is 5.48 Å². The zero-order chi connectivity index (χ0) is 12.6. The number of nitrogens with one attached hydrogen (secondary N) is 1. The summed E-state index contributed by atoms with van der Waals surface area (Å²) in [6.07, 6.45) is 0.900. The van der Waals surface area contributed by atoms with E-state index in [0.717, 1.165) is 12.2 Å². The van der Waals surface area contributed by atoms with Crippen LogP contribution in [0.3, 0.4) is 0 Å². The predicted octanol–water partition coefficient (Wildman–Crippen LogP) is 3.06. The van der Waals surface area contributed by atoms with Crippen molar-refractivity contribution in [3.8, 4) is 5.75 Å². The van der Waals surface area contributed by atoms with Crippen LogP contribution in [-0.2, 0) is 4.84 Å². The van der Waals surface area contributed by atoms with E-state index in [-0.39, 0.29) is 11.6 Å². The van der Waals surface area contributed by atoms with Gasteiger partial charge in [0.25, 0.3) is 0 Å². The number of benzene rings is 1. The number of hydroxylamine groups is 1. The number of hydrogen-bond donors (Lipinski definition) is 1. The molecule has 0 fully saturated rings. The maximum Gasteiger partial charge on any atom is 0.127 e. The molecule has 3 nitrogen and oxygen atoms in total. The predicted molar refractivity (Wildman–Crippen MR) is 68.1 cm³/mol. The lowest BCUT2D eigenvalue weighted by Gasteiger charge is -2.38. The molecule has 0 aliphatic carbocycles. The van der Waals surface area contributed by atoms with Gasteiger partial charge in [0, 0.05) is 12.0 Å². The number of hydrogen-bond acceptors (Lipinski definition) is 3. The van der Waals surface area contributed by atoms with Gasteiger partial charge in [-0.25, -0.2) is 0 Å². The molecule has 0 saturated heterocycles. The molecule has 1 aromatic rings. The van der Waals surface area contributed by atoms with Gasteiger partial charge in [0.2, 0.25) is 0 Å². The van der Waals surface area contributed by atoms with Crippen LogP contribution in [0.15, 0.2) is 12.1 Å². The second-order valence-electron chi connectivity index (χ2n) is 5.44. The van der Waals surface area contributed by atoms with Crippen LogP contribution in [0.5, 0.6) is 5.75 Å². The fourth-order valence-corrected chi connectivity index (χ4v) is 2.55. The number of rotatable bonds is 2. The van der Waals surface area contributed by atoms with Gasteiger partial charge in [-0.15, -0.1) is 0 Å². The van der Waals surface area contributed by atoms with Gasteiger partial charge in [-0.1, -0.05) is 17.7 Å². The number of ether oxygens (including phenoxy) is 1. The lowest BCUT2D eigenvalue weighted by molar-refractivity contribution is 0.00255. The fourth-order valence-electron chi connectivity index (χ4n) is 2.55. The lowest BCUT2D eigenvalue weighted by atomic mass is 9.88. The number of aryl methyl sites for hydroxylation is 2. The second-order valence-corrected chi connectivity index (χ2v) is 5.44. The average Bonchev–Trinajstić information content (AvgIpc) is 2.19. The second kappa shape index (κ2) is 4.31. The van der Waals surface area contributed by atoms with E-state index in [4.69, 9.17) is 9.57 Å². The summed E-state index contributed by atoms with van der Waals surface area (Å²) in [5.74, 6) is 1.00. The Hall–Kier alpha value is -1.06. The highest BCUT2D eigenvalue weighted by atomic mass is 16.6. The summed E-state index contributed by atoms with van der Waals surface area (Å²) in [6.45, 7) is 8.42. The standard InChI is InChI=1S/C14H21NO2/c1-9-6-10(2)13-11(7-9)12(15-16-5)8-14(3,4)17-13/h6-7,12,15H,8H2,1-5H3. The van der Waals surface area contributed by atoms with Crippen molar-refractivity contribution in [1.29, 1.82) is 0 Å². The first-order valence-electron chi connectivity index (χ1n) is 6.01. The summed E-state index contributed by atoms with van der Waals surface area (Å²) >= 11 is 0. The van der Waals surface area contributed by atoms with Gasteiger partial charge in [0.15, 0.2) is 0 Å². The van der Waals surface area contributed by atoms with E-state index in [2.05, 4.69) is 45.3 Å². The Morgan fingerprint density at radius 1 is 1.35 bits per heavy atom. The molecular formula is C14H21NO2. The molecule has 1 N–H and O–H groups in total. The van der Waals surface area contributed by atoms with Crippen molar-refractivity contribution in [2.24, 2.45) is 0 Å². The summed E-state index contributed by atoms with van der Waals surface area (Å²) in [7, 11) is 1.66. The van der Waals surface area contributed by atoms with E-state index in [9.17, 15) is 0 Å². The third-order valence-corrected chi connectivity index (χ3v) is 3.16. The van der Waals surface area contributed by atoms with Crippen LogP contribution in [0.2, 0.25) is 0 Å². The lowest BCUT2D eigenvalue weighted by Crippen LogP contribution is -2.39. The molecule has 0 spiro atoms. The van der Waals surface area contributed by atoms with Gasteiger partial charge < -0.3 is 9.57 Å². The molecule has 0 bridgehead atoms. The molecule has 17 heavy (non-hydrogen) atoms. The summed E-state index contributed by atoms with van der Waals surface area (Å²) in [6, 6.07) is 4.52. The molecule has 0 radical (unpaired) electrons. The first-order valence-corrected chi connectivity index (χ1v) is 6.01. The van der Waals surface area contributed by atoms with Crippen LogP contribution < -0.4 is 10.2 Å². The van der Waals surface area contributed by atoms with Crippen LogP contribution >= 0.6 is 0 Å². The minimum atomic E-state index is -0.163. The molecule has 1 aliphatic rings. The molecule has 0 saturated carbocycles. The maximum atomic E-state index is 6.09. The van der Waals surface area contributed by atoms with Crippen molar-refractivity contribution in [2.75, 3.05) is 7.11 Å². The SMILES string of the molecule is CONC1CC(C)(C)Oc2c(C)cc(C)cc21. The molecule has 0 amide bonds. The Balaban J connectivity index is 2.48. The van der Waals surface area contributed by atoms with Crippen molar-refractivity contribution < 1.29 is 9.57 Å².